The number of carbonyl (C=O) groups is 2. The van der Waals surface area contributed by atoms with E-state index in [0.29, 0.717) is 47.0 Å². The van der Waals surface area contributed by atoms with Gasteiger partial charge >= 0.3 is 0 Å². The predicted molar refractivity (Wildman–Crippen MR) is 164 cm³/mol. The number of nitrogens with zero attached hydrogens (tertiary/aromatic N) is 2. The van der Waals surface area contributed by atoms with Crippen LogP contribution in [0.15, 0.2) is 29.1 Å². The third-order valence-electron chi connectivity index (χ3n) is 7.46. The molecule has 1 heterocycles. The summed E-state index contributed by atoms with van der Waals surface area (Å²) in [5.74, 6) is 1.55. The van der Waals surface area contributed by atoms with E-state index in [2.05, 4.69) is 31.1 Å². The zero-order valence-electron chi connectivity index (χ0n) is 25.9. The Morgan fingerprint density at radius 1 is 1.02 bits per heavy atom. The van der Waals surface area contributed by atoms with Crippen molar-refractivity contribution < 1.29 is 23.8 Å². The topological polar surface area (TPSA) is 157 Å². The molecular formula is C31H40N6O6. The highest BCUT2D eigenvalue weighted by Crippen LogP contribution is 2.50. The SMILES string of the molecule is COc1cc2c(c(OC)c1OC)-c1ccc(N[C@@H](C(=O)Nc3n[nH]c(C(C)C)n3)C(C)C)c(=O)cc1[C@H](NC(C)=O)CC2. The number of fused-ring (bicyclic) bond motifs is 3. The summed E-state index contributed by atoms with van der Waals surface area (Å²) in [5.41, 5.74) is 2.88. The van der Waals surface area contributed by atoms with Crippen LogP contribution in [0.5, 0.6) is 17.2 Å². The van der Waals surface area contributed by atoms with Crippen molar-refractivity contribution in [1.29, 1.82) is 0 Å². The molecule has 2 amide bonds. The molecule has 0 unspecified atom stereocenters. The van der Waals surface area contributed by atoms with Crippen LogP contribution in [0.2, 0.25) is 0 Å². The van der Waals surface area contributed by atoms with Gasteiger partial charge < -0.3 is 24.8 Å². The lowest BCUT2D eigenvalue weighted by atomic mass is 9.95. The molecule has 12 nitrogen and oxygen atoms in total. The van der Waals surface area contributed by atoms with Gasteiger partial charge in [0, 0.05) is 18.4 Å². The van der Waals surface area contributed by atoms with E-state index in [1.165, 1.54) is 20.1 Å². The summed E-state index contributed by atoms with van der Waals surface area (Å²) in [6, 6.07) is 5.67. The number of aryl methyl sites for hydroxylation is 1. The summed E-state index contributed by atoms with van der Waals surface area (Å²) < 4.78 is 17.1. The second-order valence-corrected chi connectivity index (χ2v) is 11.2. The minimum absolute atomic E-state index is 0.117. The Labute approximate surface area is 250 Å². The highest BCUT2D eigenvalue weighted by atomic mass is 16.5. The van der Waals surface area contributed by atoms with Crippen molar-refractivity contribution in [2.24, 2.45) is 5.92 Å². The second kappa shape index (κ2) is 13.1. The van der Waals surface area contributed by atoms with Crippen LogP contribution >= 0.6 is 0 Å². The number of H-pyrrole nitrogens is 1. The van der Waals surface area contributed by atoms with Crippen molar-refractivity contribution in [3.8, 4) is 28.4 Å². The third kappa shape index (κ3) is 6.58. The summed E-state index contributed by atoms with van der Waals surface area (Å²) in [4.78, 5) is 43.6. The van der Waals surface area contributed by atoms with Crippen LogP contribution in [0, 0.1) is 5.92 Å². The molecule has 0 fully saturated rings. The number of amides is 2. The normalized spacial score (nSPS) is 14.7. The molecule has 1 aliphatic rings. The number of hydrogen-bond donors (Lipinski definition) is 4. The van der Waals surface area contributed by atoms with Crippen molar-refractivity contribution in [3.05, 3.63) is 51.4 Å². The molecule has 1 aliphatic carbocycles. The third-order valence-corrected chi connectivity index (χ3v) is 7.46. The summed E-state index contributed by atoms with van der Waals surface area (Å²) in [6.45, 7) is 9.14. The molecule has 43 heavy (non-hydrogen) atoms. The molecule has 2 atom stereocenters. The van der Waals surface area contributed by atoms with Crippen LogP contribution in [-0.2, 0) is 16.0 Å². The number of aromatic nitrogens is 3. The lowest BCUT2D eigenvalue weighted by Gasteiger charge is -2.21. The van der Waals surface area contributed by atoms with Crippen molar-refractivity contribution in [2.45, 2.75) is 65.5 Å². The molecule has 12 heteroatoms. The summed E-state index contributed by atoms with van der Waals surface area (Å²) in [6.07, 6.45) is 1.13. The van der Waals surface area contributed by atoms with Gasteiger partial charge in [-0.2, -0.15) is 4.98 Å². The number of methoxy groups -OCH3 is 3. The fourth-order valence-corrected chi connectivity index (χ4v) is 5.31. The van der Waals surface area contributed by atoms with Crippen molar-refractivity contribution in [1.82, 2.24) is 20.5 Å². The molecule has 0 aliphatic heterocycles. The maximum absolute atomic E-state index is 13.7. The van der Waals surface area contributed by atoms with Crippen molar-refractivity contribution >= 4 is 23.5 Å². The first-order chi connectivity index (χ1) is 20.5. The summed E-state index contributed by atoms with van der Waals surface area (Å²) in [7, 11) is 4.64. The molecule has 2 aromatic carbocycles. The molecule has 4 rings (SSSR count). The minimum atomic E-state index is -0.770. The van der Waals surface area contributed by atoms with Gasteiger partial charge in [0.05, 0.1) is 33.1 Å². The zero-order valence-corrected chi connectivity index (χ0v) is 25.9. The maximum Gasteiger partial charge on any atom is 0.249 e. The lowest BCUT2D eigenvalue weighted by Crippen LogP contribution is -2.40. The van der Waals surface area contributed by atoms with Gasteiger partial charge in [-0.15, -0.1) is 5.10 Å². The van der Waals surface area contributed by atoms with Gasteiger partial charge in [0.1, 0.15) is 11.9 Å². The number of rotatable bonds is 10. The Kier molecular flexibility index (Phi) is 9.57. The maximum atomic E-state index is 13.7. The average Bonchev–Trinajstić information content (AvgIpc) is 3.31. The highest BCUT2D eigenvalue weighted by molar-refractivity contribution is 5.95. The molecule has 0 radical (unpaired) electrons. The fourth-order valence-electron chi connectivity index (χ4n) is 5.31. The molecule has 230 valence electrons. The Bertz CT molecular complexity index is 1570. The number of carbonyl (C=O) groups excluding carboxylic acids is 2. The Morgan fingerprint density at radius 2 is 1.74 bits per heavy atom. The van der Waals surface area contributed by atoms with E-state index >= 15 is 0 Å². The van der Waals surface area contributed by atoms with Gasteiger partial charge in [-0.1, -0.05) is 33.8 Å². The number of ether oxygens (including phenoxy) is 3. The first-order valence-electron chi connectivity index (χ1n) is 14.3. The van der Waals surface area contributed by atoms with Crippen LogP contribution in [0.1, 0.15) is 70.0 Å². The number of nitrogens with one attached hydrogen (secondary N) is 4. The molecule has 1 aromatic heterocycles. The number of hydrogen-bond acceptors (Lipinski definition) is 9. The predicted octanol–water partition coefficient (Wildman–Crippen LogP) is 4.18. The van der Waals surface area contributed by atoms with E-state index in [-0.39, 0.29) is 40.7 Å². The number of aromatic amines is 1. The van der Waals surface area contributed by atoms with Crippen LogP contribution in [-0.4, -0.2) is 54.4 Å². The van der Waals surface area contributed by atoms with Gasteiger partial charge in [0.15, 0.2) is 11.5 Å². The highest BCUT2D eigenvalue weighted by Gasteiger charge is 2.30. The molecular weight excluding hydrogens is 552 g/mol. The number of anilines is 2. The van der Waals surface area contributed by atoms with E-state index in [9.17, 15) is 14.4 Å². The first-order valence-corrected chi connectivity index (χ1v) is 14.3. The minimum Gasteiger partial charge on any atom is -0.493 e. The molecule has 0 saturated carbocycles. The Hall–Kier alpha value is -4.61. The van der Waals surface area contributed by atoms with Crippen LogP contribution in [0.25, 0.3) is 11.1 Å². The molecule has 0 bridgehead atoms. The molecule has 0 saturated heterocycles. The van der Waals surface area contributed by atoms with Gasteiger partial charge in [-0.25, -0.2) is 0 Å². The number of benzene rings is 1. The average molecular weight is 593 g/mol. The Morgan fingerprint density at radius 3 is 2.33 bits per heavy atom. The molecule has 4 N–H and O–H groups in total. The largest absolute Gasteiger partial charge is 0.493 e. The Balaban J connectivity index is 1.82. The standard InChI is InChI=1S/C31H40N6O6/c1-15(2)26(30(40)35-31-34-29(16(3)4)36-37-31)33-22-12-10-19-20(14-23(22)39)21(32-17(5)38)11-9-18-13-24(41-6)27(42-7)28(43-8)25(18)19/h10,12-16,21,26H,9,11H2,1-8H3,(H,32,38)(H,33,39)(H2,34,35,36,37,40)/t21-,26-/m1/s1. The van der Waals surface area contributed by atoms with Gasteiger partial charge in [-0.3, -0.25) is 24.8 Å². The van der Waals surface area contributed by atoms with Crippen LogP contribution < -0.4 is 35.6 Å². The first kappa shape index (κ1) is 31.3. The van der Waals surface area contributed by atoms with Gasteiger partial charge in [0.25, 0.3) is 0 Å². The van der Waals surface area contributed by atoms with Crippen LogP contribution in [0.4, 0.5) is 11.6 Å². The van der Waals surface area contributed by atoms with Gasteiger partial charge in [-0.05, 0) is 53.6 Å². The summed E-state index contributed by atoms with van der Waals surface area (Å²) >= 11 is 0. The lowest BCUT2D eigenvalue weighted by molar-refractivity contribution is -0.120. The van der Waals surface area contributed by atoms with E-state index < -0.39 is 12.1 Å². The molecule has 0 spiro atoms. The smallest absolute Gasteiger partial charge is 0.249 e. The van der Waals surface area contributed by atoms with Crippen molar-refractivity contribution in [2.75, 3.05) is 32.0 Å². The second-order valence-electron chi connectivity index (χ2n) is 11.2. The van der Waals surface area contributed by atoms with Crippen LogP contribution in [0.3, 0.4) is 0 Å². The van der Waals surface area contributed by atoms with Crippen molar-refractivity contribution in [3.63, 3.8) is 0 Å². The zero-order chi connectivity index (χ0) is 31.4. The van der Waals surface area contributed by atoms with E-state index in [1.54, 1.807) is 20.3 Å². The fraction of sp³-hybridized carbons (Fsp3) is 0.452. The quantitative estimate of drug-likeness (QED) is 0.271. The van der Waals surface area contributed by atoms with E-state index in [1.807, 2.05) is 39.8 Å². The summed E-state index contributed by atoms with van der Waals surface area (Å²) in [5, 5.41) is 15.8. The van der Waals surface area contributed by atoms with E-state index in [0.717, 1.165) is 11.1 Å². The monoisotopic (exact) mass is 592 g/mol. The molecule has 3 aromatic rings. The van der Waals surface area contributed by atoms with Gasteiger partial charge in [0.2, 0.25) is 28.9 Å². The van der Waals surface area contributed by atoms with E-state index in [4.69, 9.17) is 14.2 Å².